The molecule has 0 bridgehead atoms. The molecule has 0 saturated carbocycles. The van der Waals surface area contributed by atoms with Crippen molar-refractivity contribution in [3.05, 3.63) is 30.2 Å². The SMILES string of the molecule is Cc1cc(NC(=O)CC[C@@H]2C[C@H](C(=O)O)CO2)cn2ccnc12. The molecule has 2 aromatic heterocycles. The summed E-state index contributed by atoms with van der Waals surface area (Å²) < 4.78 is 7.28. The number of amides is 1. The molecule has 7 heteroatoms. The molecule has 1 fully saturated rings. The van der Waals surface area contributed by atoms with Crippen molar-refractivity contribution in [2.75, 3.05) is 11.9 Å². The number of anilines is 1. The Morgan fingerprint density at radius 1 is 1.52 bits per heavy atom. The Bertz CT molecular complexity index is 740. The van der Waals surface area contributed by atoms with Crippen molar-refractivity contribution in [2.45, 2.75) is 32.3 Å². The third kappa shape index (κ3) is 3.50. The predicted octanol–water partition coefficient (Wildman–Crippen LogP) is 1.85. The lowest BCUT2D eigenvalue weighted by Crippen LogP contribution is -2.16. The van der Waals surface area contributed by atoms with Gasteiger partial charge in [0.25, 0.3) is 0 Å². The van der Waals surface area contributed by atoms with Gasteiger partial charge in [0.15, 0.2) is 0 Å². The number of nitrogens with one attached hydrogen (secondary N) is 1. The maximum Gasteiger partial charge on any atom is 0.308 e. The lowest BCUT2D eigenvalue weighted by atomic mass is 10.0. The van der Waals surface area contributed by atoms with Gasteiger partial charge in [0.1, 0.15) is 5.65 Å². The number of ether oxygens (including phenoxy) is 1. The Labute approximate surface area is 133 Å². The minimum atomic E-state index is -0.832. The number of pyridine rings is 1. The molecule has 3 rings (SSSR count). The average molecular weight is 317 g/mol. The maximum atomic E-state index is 12.1. The number of hydrogen-bond donors (Lipinski definition) is 2. The van der Waals surface area contributed by atoms with Crippen LogP contribution in [0.25, 0.3) is 5.65 Å². The topological polar surface area (TPSA) is 92.9 Å². The molecule has 0 aromatic carbocycles. The van der Waals surface area contributed by atoms with Crippen molar-refractivity contribution in [2.24, 2.45) is 5.92 Å². The summed E-state index contributed by atoms with van der Waals surface area (Å²) >= 11 is 0. The Kier molecular flexibility index (Phi) is 4.29. The molecule has 0 aliphatic carbocycles. The molecule has 0 radical (unpaired) electrons. The van der Waals surface area contributed by atoms with Crippen LogP contribution in [-0.2, 0) is 14.3 Å². The number of fused-ring (bicyclic) bond motifs is 1. The zero-order valence-electron chi connectivity index (χ0n) is 12.9. The predicted molar refractivity (Wildman–Crippen MR) is 83.3 cm³/mol. The third-order valence-electron chi connectivity index (χ3n) is 4.08. The smallest absolute Gasteiger partial charge is 0.308 e. The van der Waals surface area contributed by atoms with E-state index in [9.17, 15) is 9.59 Å². The van der Waals surface area contributed by atoms with Crippen molar-refractivity contribution >= 4 is 23.2 Å². The quantitative estimate of drug-likeness (QED) is 0.878. The number of imidazole rings is 1. The minimum absolute atomic E-state index is 0.105. The van der Waals surface area contributed by atoms with Crippen LogP contribution in [0.4, 0.5) is 5.69 Å². The normalized spacial score (nSPS) is 20.7. The second-order valence-corrected chi connectivity index (χ2v) is 5.88. The fourth-order valence-corrected chi connectivity index (χ4v) is 2.87. The monoisotopic (exact) mass is 317 g/mol. The molecule has 0 unspecified atom stereocenters. The van der Waals surface area contributed by atoms with E-state index in [-0.39, 0.29) is 18.6 Å². The number of carbonyl (C=O) groups excluding carboxylic acids is 1. The highest BCUT2D eigenvalue weighted by atomic mass is 16.5. The number of carboxylic acids is 1. The van der Waals surface area contributed by atoms with E-state index in [1.807, 2.05) is 29.8 Å². The fourth-order valence-electron chi connectivity index (χ4n) is 2.87. The first-order chi connectivity index (χ1) is 11.0. The zero-order chi connectivity index (χ0) is 16.4. The van der Waals surface area contributed by atoms with Crippen LogP contribution >= 0.6 is 0 Å². The molecule has 1 aliphatic rings. The molecule has 0 spiro atoms. The molecule has 2 atom stereocenters. The van der Waals surface area contributed by atoms with Crippen molar-refractivity contribution in [1.82, 2.24) is 9.38 Å². The van der Waals surface area contributed by atoms with E-state index in [0.29, 0.717) is 24.9 Å². The second kappa shape index (κ2) is 6.37. The molecule has 1 amide bonds. The number of aliphatic carboxylic acids is 1. The number of carboxylic acid groups (broad SMARTS) is 1. The van der Waals surface area contributed by atoms with Gasteiger partial charge in [-0.15, -0.1) is 0 Å². The van der Waals surface area contributed by atoms with Crippen molar-refractivity contribution in [1.29, 1.82) is 0 Å². The molecule has 1 saturated heterocycles. The molecule has 3 heterocycles. The van der Waals surface area contributed by atoms with E-state index in [2.05, 4.69) is 10.3 Å². The van der Waals surface area contributed by atoms with Crippen LogP contribution in [0.5, 0.6) is 0 Å². The highest BCUT2D eigenvalue weighted by molar-refractivity contribution is 5.90. The zero-order valence-corrected chi connectivity index (χ0v) is 12.9. The number of nitrogens with zero attached hydrogens (tertiary/aromatic N) is 2. The highest BCUT2D eigenvalue weighted by Gasteiger charge is 2.30. The van der Waals surface area contributed by atoms with Crippen LogP contribution in [0, 0.1) is 12.8 Å². The summed E-state index contributed by atoms with van der Waals surface area (Å²) in [7, 11) is 0. The molecule has 7 nitrogen and oxygen atoms in total. The van der Waals surface area contributed by atoms with Crippen molar-refractivity contribution in [3.8, 4) is 0 Å². The van der Waals surface area contributed by atoms with Crippen molar-refractivity contribution < 1.29 is 19.4 Å². The molecular formula is C16H19N3O4. The summed E-state index contributed by atoms with van der Waals surface area (Å²) in [6.07, 6.45) is 6.52. The van der Waals surface area contributed by atoms with Crippen LogP contribution in [-0.4, -0.2) is 39.1 Å². The van der Waals surface area contributed by atoms with Gasteiger partial charge in [0.05, 0.1) is 24.3 Å². The molecule has 1 aliphatic heterocycles. The average Bonchev–Trinajstić information content (AvgIpc) is 3.14. The first-order valence-electron chi connectivity index (χ1n) is 7.60. The van der Waals surface area contributed by atoms with Crippen molar-refractivity contribution in [3.63, 3.8) is 0 Å². The number of hydrogen-bond acceptors (Lipinski definition) is 4. The van der Waals surface area contributed by atoms with Gasteiger partial charge in [0, 0.05) is 25.0 Å². The van der Waals surface area contributed by atoms with Crippen LogP contribution < -0.4 is 5.32 Å². The maximum absolute atomic E-state index is 12.1. The van der Waals surface area contributed by atoms with E-state index < -0.39 is 11.9 Å². The number of rotatable bonds is 5. The third-order valence-corrected chi connectivity index (χ3v) is 4.08. The van der Waals surface area contributed by atoms with Gasteiger partial charge in [0.2, 0.25) is 5.91 Å². The van der Waals surface area contributed by atoms with Gasteiger partial charge in [-0.25, -0.2) is 4.98 Å². The van der Waals surface area contributed by atoms with Crippen LogP contribution in [0.1, 0.15) is 24.8 Å². The highest BCUT2D eigenvalue weighted by Crippen LogP contribution is 2.23. The van der Waals surface area contributed by atoms with Gasteiger partial charge in [-0.2, -0.15) is 0 Å². The first kappa shape index (κ1) is 15.5. The molecule has 2 aromatic rings. The van der Waals surface area contributed by atoms with E-state index >= 15 is 0 Å². The lowest BCUT2D eigenvalue weighted by Gasteiger charge is -2.10. The number of carbonyl (C=O) groups is 2. The van der Waals surface area contributed by atoms with Gasteiger partial charge in [-0.1, -0.05) is 0 Å². The van der Waals surface area contributed by atoms with Crippen LogP contribution in [0.15, 0.2) is 24.7 Å². The summed E-state index contributed by atoms with van der Waals surface area (Å²) in [5.74, 6) is -1.39. The summed E-state index contributed by atoms with van der Waals surface area (Å²) in [6, 6.07) is 1.88. The Balaban J connectivity index is 1.54. The van der Waals surface area contributed by atoms with Crippen LogP contribution in [0.2, 0.25) is 0 Å². The second-order valence-electron chi connectivity index (χ2n) is 5.88. The van der Waals surface area contributed by atoms with E-state index in [4.69, 9.17) is 9.84 Å². The Hall–Kier alpha value is -2.41. The van der Waals surface area contributed by atoms with Gasteiger partial charge in [-0.05, 0) is 31.4 Å². The summed E-state index contributed by atoms with van der Waals surface area (Å²) in [4.78, 5) is 27.2. The summed E-state index contributed by atoms with van der Waals surface area (Å²) in [6.45, 7) is 2.18. The molecular weight excluding hydrogens is 298 g/mol. The number of aryl methyl sites for hydroxylation is 1. The largest absolute Gasteiger partial charge is 0.481 e. The van der Waals surface area contributed by atoms with E-state index in [0.717, 1.165) is 11.2 Å². The Morgan fingerprint density at radius 2 is 2.35 bits per heavy atom. The minimum Gasteiger partial charge on any atom is -0.481 e. The van der Waals surface area contributed by atoms with Crippen LogP contribution in [0.3, 0.4) is 0 Å². The summed E-state index contributed by atoms with van der Waals surface area (Å²) in [5, 5.41) is 11.8. The van der Waals surface area contributed by atoms with Gasteiger partial charge in [-0.3, -0.25) is 9.59 Å². The fraction of sp³-hybridized carbons (Fsp3) is 0.438. The van der Waals surface area contributed by atoms with Gasteiger partial charge >= 0.3 is 5.97 Å². The molecule has 23 heavy (non-hydrogen) atoms. The molecule has 122 valence electrons. The summed E-state index contributed by atoms with van der Waals surface area (Å²) in [5.41, 5.74) is 2.56. The molecule has 2 N–H and O–H groups in total. The number of aromatic nitrogens is 2. The van der Waals surface area contributed by atoms with E-state index in [1.54, 1.807) is 6.20 Å². The Morgan fingerprint density at radius 3 is 3.09 bits per heavy atom. The van der Waals surface area contributed by atoms with Gasteiger partial charge < -0.3 is 19.6 Å². The first-order valence-corrected chi connectivity index (χ1v) is 7.60. The standard InChI is InChI=1S/C16H19N3O4/c1-10-6-12(8-19-5-4-17-15(10)19)18-14(20)3-2-13-7-11(9-23-13)16(21)22/h4-6,8,11,13H,2-3,7,9H2,1H3,(H,18,20)(H,21,22)/t11-,13+/m0/s1. The van der Waals surface area contributed by atoms with E-state index in [1.165, 1.54) is 0 Å². The lowest BCUT2D eigenvalue weighted by molar-refractivity contribution is -0.141.